The smallest absolute Gasteiger partial charge is 0.311 e. The lowest BCUT2D eigenvalue weighted by molar-refractivity contribution is -0.385. The van der Waals surface area contributed by atoms with Crippen molar-refractivity contribution in [3.8, 4) is 28.1 Å². The van der Waals surface area contributed by atoms with Crippen molar-refractivity contribution in [1.29, 1.82) is 0 Å². The summed E-state index contributed by atoms with van der Waals surface area (Å²) in [5, 5.41) is 15.5. The largest absolute Gasteiger partial charge is 0.487 e. The second-order valence-corrected chi connectivity index (χ2v) is 8.34. The van der Waals surface area contributed by atoms with Crippen LogP contribution in [0.25, 0.3) is 22.4 Å². The van der Waals surface area contributed by atoms with Gasteiger partial charge in [-0.3, -0.25) is 24.9 Å². The molecular weight excluding hydrogens is 460 g/mol. The SMILES string of the molecule is CCOc1ccc(-c2cc(-c3ccccc3)nc(C)c2C(=O)N(CC)N2CCOCC2)cc1[N+](=O)[O-]. The first-order chi connectivity index (χ1) is 17.4. The number of carbonyl (C=O) groups is 1. The maximum Gasteiger partial charge on any atom is 0.311 e. The molecule has 2 heterocycles. The molecule has 9 nitrogen and oxygen atoms in total. The van der Waals surface area contributed by atoms with E-state index in [1.165, 1.54) is 6.07 Å². The van der Waals surface area contributed by atoms with Gasteiger partial charge in [0.15, 0.2) is 5.75 Å². The molecule has 1 aromatic heterocycles. The highest BCUT2D eigenvalue weighted by Gasteiger charge is 2.29. The molecule has 1 fully saturated rings. The van der Waals surface area contributed by atoms with E-state index in [2.05, 4.69) is 0 Å². The van der Waals surface area contributed by atoms with Crippen LogP contribution in [0.2, 0.25) is 0 Å². The van der Waals surface area contributed by atoms with Crippen LogP contribution in [0.3, 0.4) is 0 Å². The van der Waals surface area contributed by atoms with E-state index in [4.69, 9.17) is 14.5 Å². The predicted molar refractivity (Wildman–Crippen MR) is 137 cm³/mol. The third-order valence-corrected chi connectivity index (χ3v) is 6.11. The van der Waals surface area contributed by atoms with Crippen LogP contribution in [0.15, 0.2) is 54.6 Å². The van der Waals surface area contributed by atoms with Gasteiger partial charge in [-0.25, -0.2) is 5.01 Å². The quantitative estimate of drug-likeness (QED) is 0.332. The number of nitrogens with zero attached hydrogens (tertiary/aromatic N) is 4. The Morgan fingerprint density at radius 3 is 2.47 bits per heavy atom. The molecule has 0 saturated carbocycles. The number of rotatable bonds is 8. The summed E-state index contributed by atoms with van der Waals surface area (Å²) in [7, 11) is 0. The van der Waals surface area contributed by atoms with Crippen LogP contribution in [0, 0.1) is 17.0 Å². The molecule has 1 saturated heterocycles. The molecule has 0 N–H and O–H groups in total. The van der Waals surface area contributed by atoms with Crippen molar-refractivity contribution in [3.05, 3.63) is 76.0 Å². The highest BCUT2D eigenvalue weighted by atomic mass is 16.6. The molecule has 36 heavy (non-hydrogen) atoms. The topological polar surface area (TPSA) is 98.0 Å². The number of carbonyl (C=O) groups excluding carboxylic acids is 1. The van der Waals surface area contributed by atoms with Gasteiger partial charge in [-0.15, -0.1) is 0 Å². The highest BCUT2D eigenvalue weighted by molar-refractivity contribution is 6.02. The van der Waals surface area contributed by atoms with Crippen molar-refractivity contribution in [2.24, 2.45) is 0 Å². The molecule has 2 aromatic carbocycles. The molecule has 0 aliphatic carbocycles. The van der Waals surface area contributed by atoms with Crippen LogP contribution in [0.5, 0.6) is 5.75 Å². The van der Waals surface area contributed by atoms with E-state index in [1.54, 1.807) is 31.0 Å². The molecule has 1 aliphatic rings. The Hall–Kier alpha value is -3.82. The number of aromatic nitrogens is 1. The van der Waals surface area contributed by atoms with Crippen LogP contribution in [0.1, 0.15) is 29.9 Å². The van der Waals surface area contributed by atoms with Crippen molar-refractivity contribution >= 4 is 11.6 Å². The summed E-state index contributed by atoms with van der Waals surface area (Å²) in [5.74, 6) is -0.00719. The van der Waals surface area contributed by atoms with Crippen LogP contribution in [-0.2, 0) is 4.74 Å². The fraction of sp³-hybridized carbons (Fsp3) is 0.333. The van der Waals surface area contributed by atoms with E-state index >= 15 is 0 Å². The van der Waals surface area contributed by atoms with Crippen LogP contribution in [0.4, 0.5) is 5.69 Å². The minimum Gasteiger partial charge on any atom is -0.487 e. The second kappa shape index (κ2) is 11.3. The molecule has 0 spiro atoms. The van der Waals surface area contributed by atoms with E-state index in [9.17, 15) is 14.9 Å². The normalized spacial score (nSPS) is 13.9. The van der Waals surface area contributed by atoms with Crippen molar-refractivity contribution in [2.45, 2.75) is 20.8 Å². The summed E-state index contributed by atoms with van der Waals surface area (Å²) in [6, 6.07) is 16.3. The van der Waals surface area contributed by atoms with E-state index in [0.717, 1.165) is 5.56 Å². The molecule has 0 unspecified atom stereocenters. The summed E-state index contributed by atoms with van der Waals surface area (Å²) >= 11 is 0. The number of aryl methyl sites for hydroxylation is 1. The zero-order valence-corrected chi connectivity index (χ0v) is 20.8. The van der Waals surface area contributed by atoms with Crippen molar-refractivity contribution in [2.75, 3.05) is 39.5 Å². The number of hydrazine groups is 1. The Bertz CT molecular complexity index is 1240. The van der Waals surface area contributed by atoms with E-state index < -0.39 is 4.92 Å². The van der Waals surface area contributed by atoms with Gasteiger partial charge in [-0.2, -0.15) is 0 Å². The van der Waals surface area contributed by atoms with Crippen molar-refractivity contribution in [3.63, 3.8) is 0 Å². The maximum atomic E-state index is 14.0. The van der Waals surface area contributed by atoms with Gasteiger partial charge in [0, 0.05) is 31.3 Å². The molecule has 1 aliphatic heterocycles. The Labute approximate surface area is 210 Å². The van der Waals surface area contributed by atoms with Crippen LogP contribution in [-0.4, -0.2) is 65.3 Å². The summed E-state index contributed by atoms with van der Waals surface area (Å²) in [4.78, 5) is 30.1. The van der Waals surface area contributed by atoms with E-state index in [0.29, 0.717) is 67.5 Å². The van der Waals surface area contributed by atoms with Crippen molar-refractivity contribution < 1.29 is 19.2 Å². The van der Waals surface area contributed by atoms with Crippen molar-refractivity contribution in [1.82, 2.24) is 15.0 Å². The van der Waals surface area contributed by atoms with Crippen LogP contribution < -0.4 is 4.74 Å². The number of morpholine rings is 1. The molecule has 1 amide bonds. The van der Waals surface area contributed by atoms with Gasteiger partial charge in [0.2, 0.25) is 0 Å². The summed E-state index contributed by atoms with van der Waals surface area (Å²) in [6.07, 6.45) is 0. The standard InChI is InChI=1S/C27H30N4O5/c1-4-30(29-13-15-35-16-14-29)27(32)26-19(3)28-23(20-9-7-6-8-10-20)18-22(26)21-11-12-25(36-5-2)24(17-21)31(33)34/h6-12,17-18H,4-5,13-16H2,1-3H3. The van der Waals surface area contributed by atoms with Gasteiger partial charge >= 0.3 is 5.69 Å². The molecule has 0 atom stereocenters. The van der Waals surface area contributed by atoms with Gasteiger partial charge in [-0.05, 0) is 44.0 Å². The second-order valence-electron chi connectivity index (χ2n) is 8.34. The summed E-state index contributed by atoms with van der Waals surface area (Å²) in [6.45, 7) is 8.60. The van der Waals surface area contributed by atoms with Gasteiger partial charge < -0.3 is 9.47 Å². The van der Waals surface area contributed by atoms with Crippen LogP contribution >= 0.6 is 0 Å². The molecule has 4 rings (SSSR count). The molecular formula is C27H30N4O5. The first-order valence-corrected chi connectivity index (χ1v) is 12.1. The van der Waals surface area contributed by atoms with E-state index in [-0.39, 0.29) is 17.3 Å². The third-order valence-electron chi connectivity index (χ3n) is 6.11. The average Bonchev–Trinajstić information content (AvgIpc) is 2.90. The number of ether oxygens (including phenoxy) is 2. The Morgan fingerprint density at radius 2 is 1.83 bits per heavy atom. The predicted octanol–water partition coefficient (Wildman–Crippen LogP) is 4.74. The highest BCUT2D eigenvalue weighted by Crippen LogP contribution is 2.36. The zero-order valence-electron chi connectivity index (χ0n) is 20.8. The zero-order chi connectivity index (χ0) is 25.7. The number of hydrogen-bond acceptors (Lipinski definition) is 7. The Balaban J connectivity index is 1.89. The lowest BCUT2D eigenvalue weighted by Crippen LogP contribution is -2.51. The van der Waals surface area contributed by atoms with Gasteiger partial charge in [0.1, 0.15) is 0 Å². The number of benzene rings is 2. The Morgan fingerprint density at radius 1 is 1.11 bits per heavy atom. The summed E-state index contributed by atoms with van der Waals surface area (Å²) < 4.78 is 10.9. The van der Waals surface area contributed by atoms with Gasteiger partial charge in [0.25, 0.3) is 5.91 Å². The fourth-order valence-electron chi connectivity index (χ4n) is 4.43. The minimum atomic E-state index is -0.464. The summed E-state index contributed by atoms with van der Waals surface area (Å²) in [5.41, 5.74) is 3.54. The van der Waals surface area contributed by atoms with Gasteiger partial charge in [-0.1, -0.05) is 36.4 Å². The van der Waals surface area contributed by atoms with Gasteiger partial charge in [0.05, 0.1) is 41.7 Å². The number of pyridine rings is 1. The first-order valence-electron chi connectivity index (χ1n) is 12.1. The minimum absolute atomic E-state index is 0.149. The first kappa shape index (κ1) is 25.3. The monoisotopic (exact) mass is 490 g/mol. The number of nitro groups is 1. The molecule has 0 radical (unpaired) electrons. The molecule has 9 heteroatoms. The number of hydrogen-bond donors (Lipinski definition) is 0. The lowest BCUT2D eigenvalue weighted by atomic mass is 9.95. The third kappa shape index (κ3) is 5.22. The molecule has 0 bridgehead atoms. The molecule has 3 aromatic rings. The Kier molecular flexibility index (Phi) is 7.92. The average molecular weight is 491 g/mol. The fourth-order valence-corrected chi connectivity index (χ4v) is 4.43. The lowest BCUT2D eigenvalue weighted by Gasteiger charge is -2.37. The number of nitro benzene ring substituents is 1. The maximum absolute atomic E-state index is 14.0. The molecule has 188 valence electrons. The number of amides is 1. The van der Waals surface area contributed by atoms with E-state index in [1.807, 2.05) is 48.3 Å².